The molecule has 1 aliphatic heterocycles. The number of carbonyl (C=O) groups is 1. The van der Waals surface area contributed by atoms with E-state index in [-0.39, 0.29) is 30.9 Å². The molecular formula is C13H18N2O2. The molecule has 2 rings (SSSR count). The van der Waals surface area contributed by atoms with Gasteiger partial charge in [0.25, 0.3) is 0 Å². The Kier molecular flexibility index (Phi) is 3.76. The van der Waals surface area contributed by atoms with E-state index in [0.29, 0.717) is 13.1 Å². The van der Waals surface area contributed by atoms with Crippen molar-refractivity contribution in [3.63, 3.8) is 0 Å². The Bertz CT molecular complexity index is 380. The van der Waals surface area contributed by atoms with E-state index in [1.165, 1.54) is 5.56 Å². The van der Waals surface area contributed by atoms with Gasteiger partial charge < -0.3 is 15.7 Å². The molecule has 4 nitrogen and oxygen atoms in total. The molecule has 0 saturated carbocycles. The van der Waals surface area contributed by atoms with E-state index in [4.69, 9.17) is 5.73 Å². The predicted octanol–water partition coefficient (Wildman–Crippen LogP) is 0.180. The molecule has 0 spiro atoms. The van der Waals surface area contributed by atoms with Crippen LogP contribution >= 0.6 is 0 Å². The minimum Gasteiger partial charge on any atom is -0.396 e. The summed E-state index contributed by atoms with van der Waals surface area (Å²) >= 11 is 0. The van der Waals surface area contributed by atoms with Crippen molar-refractivity contribution in [1.82, 2.24) is 4.90 Å². The second-order valence-electron chi connectivity index (χ2n) is 4.46. The van der Waals surface area contributed by atoms with E-state index in [0.717, 1.165) is 0 Å². The molecule has 0 aromatic heterocycles. The highest BCUT2D eigenvalue weighted by Gasteiger charge is 2.34. The second kappa shape index (κ2) is 5.29. The third-order valence-electron chi connectivity index (χ3n) is 3.43. The smallest absolute Gasteiger partial charge is 0.236 e. The SMILES string of the molecule is NCC(=O)N1C[C@@H](CO)[C@H](c2ccccc2)C1. The second-order valence-corrected chi connectivity index (χ2v) is 4.46. The minimum absolute atomic E-state index is 0.0399. The molecule has 1 aromatic carbocycles. The molecule has 0 bridgehead atoms. The summed E-state index contributed by atoms with van der Waals surface area (Å²) in [7, 11) is 0. The van der Waals surface area contributed by atoms with Crippen LogP contribution in [0.1, 0.15) is 11.5 Å². The first-order valence-corrected chi connectivity index (χ1v) is 5.90. The van der Waals surface area contributed by atoms with Crippen LogP contribution in [0.15, 0.2) is 30.3 Å². The van der Waals surface area contributed by atoms with Crippen molar-refractivity contribution in [2.24, 2.45) is 11.7 Å². The van der Waals surface area contributed by atoms with Crippen molar-refractivity contribution in [1.29, 1.82) is 0 Å². The zero-order valence-electron chi connectivity index (χ0n) is 9.75. The van der Waals surface area contributed by atoms with Crippen molar-refractivity contribution in [3.8, 4) is 0 Å². The molecule has 1 amide bonds. The quantitative estimate of drug-likeness (QED) is 0.784. The molecule has 1 aromatic rings. The zero-order chi connectivity index (χ0) is 12.3. The van der Waals surface area contributed by atoms with Crippen LogP contribution in [-0.4, -0.2) is 42.2 Å². The summed E-state index contributed by atoms with van der Waals surface area (Å²) in [5.74, 6) is 0.298. The lowest BCUT2D eigenvalue weighted by atomic mass is 9.90. The highest BCUT2D eigenvalue weighted by molar-refractivity contribution is 5.78. The lowest BCUT2D eigenvalue weighted by molar-refractivity contribution is -0.128. The number of nitrogens with two attached hydrogens (primary N) is 1. The number of aliphatic hydroxyl groups excluding tert-OH is 1. The van der Waals surface area contributed by atoms with Gasteiger partial charge in [0.15, 0.2) is 0 Å². The number of hydrogen-bond donors (Lipinski definition) is 2. The summed E-state index contributed by atoms with van der Waals surface area (Å²) in [5.41, 5.74) is 6.55. The summed E-state index contributed by atoms with van der Waals surface area (Å²) in [4.78, 5) is 13.3. The number of rotatable bonds is 3. The van der Waals surface area contributed by atoms with E-state index >= 15 is 0 Å². The van der Waals surface area contributed by atoms with Gasteiger partial charge in [0.05, 0.1) is 6.54 Å². The first-order valence-electron chi connectivity index (χ1n) is 5.90. The molecule has 92 valence electrons. The summed E-state index contributed by atoms with van der Waals surface area (Å²) in [6.07, 6.45) is 0. The Hall–Kier alpha value is -1.39. The molecule has 0 unspecified atom stereocenters. The van der Waals surface area contributed by atoms with Gasteiger partial charge in [0.1, 0.15) is 0 Å². The van der Waals surface area contributed by atoms with Gasteiger partial charge in [-0.2, -0.15) is 0 Å². The Morgan fingerprint density at radius 2 is 2.06 bits per heavy atom. The number of aliphatic hydroxyl groups is 1. The van der Waals surface area contributed by atoms with Crippen LogP contribution in [0.5, 0.6) is 0 Å². The van der Waals surface area contributed by atoms with Crippen LogP contribution in [0.4, 0.5) is 0 Å². The number of nitrogens with zero attached hydrogens (tertiary/aromatic N) is 1. The lowest BCUT2D eigenvalue weighted by Gasteiger charge is -2.16. The summed E-state index contributed by atoms with van der Waals surface area (Å²) < 4.78 is 0. The van der Waals surface area contributed by atoms with Crippen molar-refractivity contribution < 1.29 is 9.90 Å². The molecule has 1 fully saturated rings. The molecule has 4 heteroatoms. The molecule has 17 heavy (non-hydrogen) atoms. The number of benzene rings is 1. The van der Waals surface area contributed by atoms with Gasteiger partial charge in [-0.15, -0.1) is 0 Å². The average molecular weight is 234 g/mol. The highest BCUT2D eigenvalue weighted by Crippen LogP contribution is 2.32. The van der Waals surface area contributed by atoms with Gasteiger partial charge in [-0.25, -0.2) is 0 Å². The monoisotopic (exact) mass is 234 g/mol. The lowest BCUT2D eigenvalue weighted by Crippen LogP contribution is -2.34. The third kappa shape index (κ3) is 2.48. The standard InChI is InChI=1S/C13H18N2O2/c14-6-13(17)15-7-11(9-16)12(8-15)10-4-2-1-3-5-10/h1-5,11-12,16H,6-9,14H2/t11-,12-/m0/s1. The van der Waals surface area contributed by atoms with E-state index < -0.39 is 0 Å². The molecule has 0 aliphatic carbocycles. The van der Waals surface area contributed by atoms with Gasteiger partial charge in [0, 0.05) is 31.5 Å². The molecule has 1 saturated heterocycles. The largest absolute Gasteiger partial charge is 0.396 e. The fourth-order valence-electron chi connectivity index (χ4n) is 2.47. The Balaban J connectivity index is 2.15. The Labute approximate surface area is 101 Å². The molecule has 1 heterocycles. The van der Waals surface area contributed by atoms with Gasteiger partial charge >= 0.3 is 0 Å². The van der Waals surface area contributed by atoms with Crippen molar-refractivity contribution >= 4 is 5.91 Å². The first kappa shape index (κ1) is 12.1. The van der Waals surface area contributed by atoms with Crippen LogP contribution < -0.4 is 5.73 Å². The number of likely N-dealkylation sites (tertiary alicyclic amines) is 1. The van der Waals surface area contributed by atoms with Gasteiger partial charge in [0.2, 0.25) is 5.91 Å². The maximum atomic E-state index is 11.6. The Morgan fingerprint density at radius 3 is 2.65 bits per heavy atom. The van der Waals surface area contributed by atoms with Crippen LogP contribution in [0.3, 0.4) is 0 Å². The van der Waals surface area contributed by atoms with E-state index in [9.17, 15) is 9.90 Å². The predicted molar refractivity (Wildman–Crippen MR) is 65.4 cm³/mol. The molecule has 0 radical (unpaired) electrons. The molecular weight excluding hydrogens is 216 g/mol. The summed E-state index contributed by atoms with van der Waals surface area (Å²) in [6.45, 7) is 1.41. The highest BCUT2D eigenvalue weighted by atomic mass is 16.3. The molecule has 3 N–H and O–H groups in total. The topological polar surface area (TPSA) is 66.6 Å². The summed E-state index contributed by atoms with van der Waals surface area (Å²) in [5, 5.41) is 9.40. The summed E-state index contributed by atoms with van der Waals surface area (Å²) in [6, 6.07) is 10.0. The van der Waals surface area contributed by atoms with Crippen molar-refractivity contribution in [3.05, 3.63) is 35.9 Å². The Morgan fingerprint density at radius 1 is 1.35 bits per heavy atom. The molecule has 2 atom stereocenters. The van der Waals surface area contributed by atoms with Crippen LogP contribution in [-0.2, 0) is 4.79 Å². The number of hydrogen-bond acceptors (Lipinski definition) is 3. The van der Waals surface area contributed by atoms with Gasteiger partial charge in [-0.05, 0) is 5.56 Å². The van der Waals surface area contributed by atoms with Gasteiger partial charge in [-0.1, -0.05) is 30.3 Å². The minimum atomic E-state index is -0.0399. The first-order chi connectivity index (χ1) is 8.26. The molecule has 1 aliphatic rings. The van der Waals surface area contributed by atoms with Crippen LogP contribution in [0.25, 0.3) is 0 Å². The van der Waals surface area contributed by atoms with Crippen LogP contribution in [0.2, 0.25) is 0 Å². The van der Waals surface area contributed by atoms with Crippen molar-refractivity contribution in [2.45, 2.75) is 5.92 Å². The van der Waals surface area contributed by atoms with Crippen LogP contribution in [0, 0.1) is 5.92 Å². The normalized spacial score (nSPS) is 24.0. The van der Waals surface area contributed by atoms with E-state index in [1.54, 1.807) is 4.90 Å². The van der Waals surface area contributed by atoms with E-state index in [1.807, 2.05) is 30.3 Å². The number of carbonyl (C=O) groups excluding carboxylic acids is 1. The number of amides is 1. The maximum absolute atomic E-state index is 11.6. The average Bonchev–Trinajstić information content (AvgIpc) is 2.83. The van der Waals surface area contributed by atoms with E-state index in [2.05, 4.69) is 0 Å². The van der Waals surface area contributed by atoms with Crippen molar-refractivity contribution in [2.75, 3.05) is 26.2 Å². The maximum Gasteiger partial charge on any atom is 0.236 e. The zero-order valence-corrected chi connectivity index (χ0v) is 9.75. The fraction of sp³-hybridized carbons (Fsp3) is 0.462. The third-order valence-corrected chi connectivity index (χ3v) is 3.43. The van der Waals surface area contributed by atoms with Gasteiger partial charge in [-0.3, -0.25) is 4.79 Å². The fourth-order valence-corrected chi connectivity index (χ4v) is 2.47.